The fraction of sp³-hybridized carbons (Fsp3) is 0.139. The van der Waals surface area contributed by atoms with E-state index in [2.05, 4.69) is 190 Å². The Labute approximate surface area is 251 Å². The summed E-state index contributed by atoms with van der Waals surface area (Å²) in [4.78, 5) is 4.76. The van der Waals surface area contributed by atoms with Gasteiger partial charge in [0.05, 0.1) is 12.1 Å². The Kier molecular flexibility index (Phi) is 8.97. The monoisotopic (exact) mass is 590 g/mol. The van der Waals surface area contributed by atoms with Gasteiger partial charge in [-0.2, -0.15) is 0 Å². The number of nitrogens with zero attached hydrogens (tertiary/aromatic N) is 2. The van der Waals surface area contributed by atoms with E-state index in [-0.39, 0.29) is 12.1 Å². The Morgan fingerprint density at radius 3 is 1.57 bits per heavy atom. The normalized spacial score (nSPS) is 16.4. The van der Waals surface area contributed by atoms with Gasteiger partial charge in [-0.3, -0.25) is 0 Å². The number of rotatable bonds is 5. The molecule has 4 heteroatoms. The first-order chi connectivity index (χ1) is 19.6. The van der Waals surface area contributed by atoms with Crippen LogP contribution in [0.2, 0.25) is 0 Å². The molecule has 5 aromatic rings. The molecule has 1 fully saturated rings. The van der Waals surface area contributed by atoms with Gasteiger partial charge in [-0.05, 0) is 54.7 Å². The van der Waals surface area contributed by atoms with Crippen LogP contribution >= 0.6 is 10.1 Å². The minimum absolute atomic E-state index is 0.0311. The Hall–Kier alpha value is -3.49. The van der Waals surface area contributed by atoms with E-state index in [1.165, 1.54) is 44.6 Å². The molecule has 1 aliphatic heterocycles. The zero-order valence-electron chi connectivity index (χ0n) is 22.9. The third kappa shape index (κ3) is 5.56. The first-order valence-corrected chi connectivity index (χ1v) is 14.7. The molecule has 6 rings (SSSR count). The van der Waals surface area contributed by atoms with Crippen LogP contribution in [0.3, 0.4) is 0 Å². The predicted molar refractivity (Wildman–Crippen MR) is 165 cm³/mol. The van der Waals surface area contributed by atoms with Gasteiger partial charge in [-0.1, -0.05) is 127 Å². The molecule has 0 bridgehead atoms. The molecular weight excluding hydrogens is 559 g/mol. The number of halogens is 1. The van der Waals surface area contributed by atoms with Crippen LogP contribution in [-0.2, 0) is 15.1 Å². The van der Waals surface area contributed by atoms with Gasteiger partial charge < -0.3 is 9.80 Å². The van der Waals surface area contributed by atoms with Crippen molar-refractivity contribution in [1.29, 1.82) is 0 Å². The summed E-state index contributed by atoms with van der Waals surface area (Å²) in [7, 11) is 4.20. The van der Waals surface area contributed by atoms with Crippen LogP contribution in [0.5, 0.6) is 0 Å². The van der Waals surface area contributed by atoms with Crippen molar-refractivity contribution < 1.29 is 15.1 Å². The number of para-hydroxylation sites is 1. The first-order valence-electron chi connectivity index (χ1n) is 13.4. The molecule has 1 saturated heterocycles. The number of anilines is 2. The zero-order chi connectivity index (χ0) is 28.1. The average molecular weight is 592 g/mol. The topological polar surface area (TPSA) is 6.48 Å². The molecule has 0 amide bonds. The van der Waals surface area contributed by atoms with Gasteiger partial charge in [0.15, 0.2) is 0 Å². The van der Waals surface area contributed by atoms with Crippen LogP contribution in [-0.4, -0.2) is 0 Å². The van der Waals surface area contributed by atoms with Crippen molar-refractivity contribution in [1.82, 2.24) is 0 Å². The van der Waals surface area contributed by atoms with E-state index in [1.807, 2.05) is 0 Å². The van der Waals surface area contributed by atoms with Crippen molar-refractivity contribution >= 4 is 21.5 Å². The molecule has 5 aromatic carbocycles. The van der Waals surface area contributed by atoms with E-state index in [1.54, 1.807) is 0 Å². The van der Waals surface area contributed by atoms with E-state index < -0.39 is 0 Å². The van der Waals surface area contributed by atoms with E-state index in [0.29, 0.717) is 0 Å². The second kappa shape index (κ2) is 12.8. The quantitative estimate of drug-likeness (QED) is 0.188. The van der Waals surface area contributed by atoms with Crippen molar-refractivity contribution in [3.8, 4) is 11.1 Å². The van der Waals surface area contributed by atoms with E-state index in [0.717, 1.165) is 5.69 Å². The third-order valence-electron chi connectivity index (χ3n) is 7.48. The van der Waals surface area contributed by atoms with Crippen molar-refractivity contribution in [3.63, 3.8) is 0 Å². The molecule has 0 spiro atoms. The average Bonchev–Trinajstić information content (AvgIpc) is 3.39. The number of aryl methyl sites for hydroxylation is 3. The van der Waals surface area contributed by atoms with Gasteiger partial charge in [-0.15, -0.1) is 0 Å². The van der Waals surface area contributed by atoms with Crippen LogP contribution in [0.1, 0.15) is 39.9 Å². The van der Waals surface area contributed by atoms with Gasteiger partial charge in [0.25, 0.3) is 0 Å². The Morgan fingerprint density at radius 2 is 1.02 bits per heavy atom. The molecule has 1 heterocycles. The van der Waals surface area contributed by atoms with E-state index >= 15 is 0 Å². The fourth-order valence-corrected chi connectivity index (χ4v) is 5.98. The summed E-state index contributed by atoms with van der Waals surface area (Å²) in [6.07, 6.45) is 0. The molecule has 2 nitrogen and oxygen atoms in total. The van der Waals surface area contributed by atoms with Crippen LogP contribution in [0, 0.1) is 27.4 Å². The predicted octanol–water partition coefficient (Wildman–Crippen LogP) is 9.77. The maximum absolute atomic E-state index is 4.20. The Bertz CT molecular complexity index is 1520. The van der Waals surface area contributed by atoms with Crippen LogP contribution < -0.4 is 9.80 Å². The zero-order valence-corrected chi connectivity index (χ0v) is 24.6. The Morgan fingerprint density at radius 1 is 0.575 bits per heavy atom. The molecule has 1 aliphatic rings. The summed E-state index contributed by atoms with van der Waals surface area (Å²) in [5, 5.41) is 0. The van der Waals surface area contributed by atoms with Crippen LogP contribution in [0.25, 0.3) is 11.1 Å². The number of benzene rings is 5. The molecule has 40 heavy (non-hydrogen) atoms. The fourth-order valence-electron chi connectivity index (χ4n) is 5.98. The molecular formula is C36H32ClCuN2. The van der Waals surface area contributed by atoms with Crippen molar-refractivity contribution in [2.45, 2.75) is 32.9 Å². The maximum atomic E-state index is 4.20. The van der Waals surface area contributed by atoms with Crippen molar-refractivity contribution in [3.05, 3.63) is 162 Å². The summed E-state index contributed by atoms with van der Waals surface area (Å²) in [5.41, 5.74) is 11.1. The van der Waals surface area contributed by atoms with Crippen LogP contribution in [0.4, 0.5) is 11.4 Å². The van der Waals surface area contributed by atoms with Crippen molar-refractivity contribution in [2.75, 3.05) is 9.80 Å². The standard InChI is InChI=1S/C36H32N2.ClH.Cu/c1-26-23-27(2)34(28(3)24-26)38-25-37(33-22-14-13-21-32(33)29-15-7-4-8-16-29)35(30-17-9-5-10-18-30)36(38)31-19-11-6-12-20-31;;/h4-24,35-36H,1-3H3;1H;/q;;+1/p-1/t35-,36-;;/m0../s1. The molecule has 0 N–H and O–H groups in total. The summed E-state index contributed by atoms with van der Waals surface area (Å²) >= 11 is 3.66. The third-order valence-corrected chi connectivity index (χ3v) is 7.48. The van der Waals surface area contributed by atoms with Gasteiger partial charge in [0.1, 0.15) is 0 Å². The van der Waals surface area contributed by atoms with Gasteiger partial charge in [0, 0.05) is 16.9 Å². The molecule has 0 aromatic heterocycles. The Balaban J connectivity index is 0.00000158. The summed E-state index contributed by atoms with van der Waals surface area (Å²) in [6, 6.07) is 45.8. The molecule has 0 saturated carbocycles. The SMILES string of the molecule is Cc1cc(C)c(N2[C]N(c3ccccc3-c3ccccc3)[C@@H](c3ccccc3)[C@@H]2c2ccccc2)c(C)c1.[Cl][Cu]. The summed E-state index contributed by atoms with van der Waals surface area (Å²) < 4.78 is 0. The number of hydrogen-bond acceptors (Lipinski definition) is 2. The number of hydrogen-bond donors (Lipinski definition) is 0. The second-order valence-corrected chi connectivity index (χ2v) is 10.2. The molecule has 0 unspecified atom stereocenters. The second-order valence-electron chi connectivity index (χ2n) is 10.2. The van der Waals surface area contributed by atoms with E-state index in [4.69, 9.17) is 0 Å². The van der Waals surface area contributed by atoms with Crippen LogP contribution in [0.15, 0.2) is 127 Å². The molecule has 204 valence electrons. The van der Waals surface area contributed by atoms with Gasteiger partial charge in [0.2, 0.25) is 6.67 Å². The summed E-state index contributed by atoms with van der Waals surface area (Å²) in [5.74, 6) is 0. The van der Waals surface area contributed by atoms with E-state index in [9.17, 15) is 0 Å². The molecule has 0 aliphatic carbocycles. The molecule has 2 radical (unpaired) electrons. The van der Waals surface area contributed by atoms with Crippen molar-refractivity contribution in [2.24, 2.45) is 0 Å². The summed E-state index contributed by atoms with van der Waals surface area (Å²) in [6.45, 7) is 10.5. The molecule has 2 atom stereocenters. The van der Waals surface area contributed by atoms with Gasteiger partial charge in [-0.25, -0.2) is 0 Å². The van der Waals surface area contributed by atoms with Gasteiger partial charge >= 0.3 is 25.2 Å². The minimum atomic E-state index is 0.0311. The first kappa shape index (κ1) is 28.1.